The number of hydrogen-bond acceptors (Lipinski definition) is 3. The summed E-state index contributed by atoms with van der Waals surface area (Å²) in [6, 6.07) is 6.69. The minimum Gasteiger partial charge on any atom is -0.396 e. The van der Waals surface area contributed by atoms with Crippen molar-refractivity contribution in [2.45, 2.75) is 39.8 Å². The second-order valence-electron chi connectivity index (χ2n) is 5.21. The maximum Gasteiger partial charge on any atom is 0.0471 e. The largest absolute Gasteiger partial charge is 0.396 e. The molecule has 0 aliphatic heterocycles. The minimum atomic E-state index is 0.148. The maximum absolute atomic E-state index is 9.20. The fraction of sp³-hybridized carbons (Fsp3) is 0.600. The molecule has 0 heterocycles. The summed E-state index contributed by atoms with van der Waals surface area (Å²) in [5.41, 5.74) is 9.73. The van der Waals surface area contributed by atoms with Gasteiger partial charge in [-0.05, 0) is 43.4 Å². The molecule has 0 aliphatic rings. The summed E-state index contributed by atoms with van der Waals surface area (Å²) < 4.78 is 0. The van der Waals surface area contributed by atoms with E-state index in [4.69, 9.17) is 5.73 Å². The lowest BCUT2D eigenvalue weighted by atomic mass is 9.94. The molecule has 4 N–H and O–H groups in total. The standard InChI is InChI=1S/C15H26N2O/c1-10-6-5-7-11(2)15(10)14(8-16)17-13(4)12(3)9-18/h5-7,12-14,17-18H,8-9,16H2,1-4H3. The highest BCUT2D eigenvalue weighted by molar-refractivity contribution is 5.36. The lowest BCUT2D eigenvalue weighted by Crippen LogP contribution is -2.40. The van der Waals surface area contributed by atoms with Crippen LogP contribution in [0.2, 0.25) is 0 Å². The molecule has 0 amide bonds. The first-order valence-electron chi connectivity index (χ1n) is 6.64. The van der Waals surface area contributed by atoms with E-state index < -0.39 is 0 Å². The summed E-state index contributed by atoms with van der Waals surface area (Å²) in [5, 5.41) is 12.7. The monoisotopic (exact) mass is 250 g/mol. The van der Waals surface area contributed by atoms with Gasteiger partial charge in [0.15, 0.2) is 0 Å². The Morgan fingerprint density at radius 3 is 2.22 bits per heavy atom. The van der Waals surface area contributed by atoms with Gasteiger partial charge in [-0.3, -0.25) is 0 Å². The molecule has 0 saturated heterocycles. The fourth-order valence-corrected chi connectivity index (χ4v) is 2.29. The van der Waals surface area contributed by atoms with Crippen LogP contribution >= 0.6 is 0 Å². The van der Waals surface area contributed by atoms with Gasteiger partial charge in [-0.1, -0.05) is 25.1 Å². The second-order valence-corrected chi connectivity index (χ2v) is 5.21. The van der Waals surface area contributed by atoms with Crippen LogP contribution in [0.3, 0.4) is 0 Å². The van der Waals surface area contributed by atoms with Crippen LogP contribution in [0, 0.1) is 19.8 Å². The van der Waals surface area contributed by atoms with Gasteiger partial charge in [0, 0.05) is 25.2 Å². The maximum atomic E-state index is 9.20. The lowest BCUT2D eigenvalue weighted by Gasteiger charge is -2.28. The van der Waals surface area contributed by atoms with E-state index in [0.29, 0.717) is 6.54 Å². The van der Waals surface area contributed by atoms with E-state index in [2.05, 4.69) is 44.3 Å². The van der Waals surface area contributed by atoms with E-state index in [-0.39, 0.29) is 24.6 Å². The van der Waals surface area contributed by atoms with Gasteiger partial charge in [0.2, 0.25) is 0 Å². The molecule has 102 valence electrons. The topological polar surface area (TPSA) is 58.3 Å². The zero-order valence-electron chi connectivity index (χ0n) is 11.9. The van der Waals surface area contributed by atoms with E-state index in [9.17, 15) is 5.11 Å². The summed E-state index contributed by atoms with van der Waals surface area (Å²) >= 11 is 0. The zero-order valence-corrected chi connectivity index (χ0v) is 11.9. The minimum absolute atomic E-state index is 0.148. The lowest BCUT2D eigenvalue weighted by molar-refractivity contribution is 0.201. The third-order valence-electron chi connectivity index (χ3n) is 3.73. The first kappa shape index (κ1) is 15.2. The Hall–Kier alpha value is -0.900. The molecule has 0 bridgehead atoms. The van der Waals surface area contributed by atoms with Crippen LogP contribution in [0.15, 0.2) is 18.2 Å². The summed E-state index contributed by atoms with van der Waals surface area (Å²) in [7, 11) is 0. The van der Waals surface area contributed by atoms with E-state index >= 15 is 0 Å². The Labute approximate surface area is 110 Å². The molecule has 3 heteroatoms. The SMILES string of the molecule is Cc1cccc(C)c1C(CN)NC(C)C(C)CO. The van der Waals surface area contributed by atoms with Crippen LogP contribution in [0.5, 0.6) is 0 Å². The first-order chi connectivity index (χ1) is 8.51. The molecular weight excluding hydrogens is 224 g/mol. The molecule has 0 aliphatic carbocycles. The Morgan fingerprint density at radius 1 is 1.22 bits per heavy atom. The van der Waals surface area contributed by atoms with Crippen molar-refractivity contribution in [1.82, 2.24) is 5.32 Å². The van der Waals surface area contributed by atoms with Crippen LogP contribution in [-0.2, 0) is 0 Å². The predicted molar refractivity (Wildman–Crippen MR) is 76.6 cm³/mol. The molecule has 0 spiro atoms. The van der Waals surface area contributed by atoms with Crippen molar-refractivity contribution in [1.29, 1.82) is 0 Å². The number of rotatable bonds is 6. The highest BCUT2D eigenvalue weighted by atomic mass is 16.3. The van der Waals surface area contributed by atoms with Crippen molar-refractivity contribution < 1.29 is 5.11 Å². The summed E-state index contributed by atoms with van der Waals surface area (Å²) in [5.74, 6) is 0.225. The number of nitrogens with two attached hydrogens (primary N) is 1. The van der Waals surface area contributed by atoms with Gasteiger partial charge in [-0.15, -0.1) is 0 Å². The van der Waals surface area contributed by atoms with Gasteiger partial charge in [0.1, 0.15) is 0 Å². The molecule has 3 nitrogen and oxygen atoms in total. The van der Waals surface area contributed by atoms with Crippen molar-refractivity contribution in [2.24, 2.45) is 11.7 Å². The predicted octanol–water partition coefficient (Wildman–Crippen LogP) is 1.91. The van der Waals surface area contributed by atoms with Gasteiger partial charge >= 0.3 is 0 Å². The first-order valence-corrected chi connectivity index (χ1v) is 6.64. The highest BCUT2D eigenvalue weighted by Crippen LogP contribution is 2.22. The number of nitrogens with one attached hydrogen (secondary N) is 1. The van der Waals surface area contributed by atoms with Crippen molar-refractivity contribution in [3.05, 3.63) is 34.9 Å². The van der Waals surface area contributed by atoms with E-state index in [0.717, 1.165) is 0 Å². The van der Waals surface area contributed by atoms with Crippen molar-refractivity contribution >= 4 is 0 Å². The molecule has 3 unspecified atom stereocenters. The van der Waals surface area contributed by atoms with E-state index in [1.54, 1.807) is 0 Å². The quantitative estimate of drug-likeness (QED) is 0.723. The number of benzene rings is 1. The zero-order chi connectivity index (χ0) is 13.7. The molecule has 1 aromatic rings. The van der Waals surface area contributed by atoms with Crippen molar-refractivity contribution in [3.63, 3.8) is 0 Å². The Balaban J connectivity index is 2.90. The van der Waals surface area contributed by atoms with Crippen LogP contribution in [0.1, 0.15) is 36.6 Å². The Bertz CT molecular complexity index is 359. The van der Waals surface area contributed by atoms with Crippen LogP contribution in [0.4, 0.5) is 0 Å². The second kappa shape index (κ2) is 6.88. The molecule has 0 radical (unpaired) electrons. The smallest absolute Gasteiger partial charge is 0.0471 e. The number of aliphatic hydroxyl groups is 1. The summed E-state index contributed by atoms with van der Waals surface area (Å²) in [6.07, 6.45) is 0. The third-order valence-corrected chi connectivity index (χ3v) is 3.73. The normalized spacial score (nSPS) is 16.3. The van der Waals surface area contributed by atoms with Crippen molar-refractivity contribution in [3.8, 4) is 0 Å². The average Bonchev–Trinajstić information content (AvgIpc) is 2.35. The van der Waals surface area contributed by atoms with Crippen LogP contribution < -0.4 is 11.1 Å². The molecule has 0 saturated carbocycles. The van der Waals surface area contributed by atoms with Gasteiger partial charge < -0.3 is 16.2 Å². The molecule has 1 rings (SSSR count). The number of hydrogen-bond donors (Lipinski definition) is 3. The Kier molecular flexibility index (Phi) is 5.79. The van der Waals surface area contributed by atoms with Gasteiger partial charge in [0.05, 0.1) is 0 Å². The van der Waals surface area contributed by atoms with Gasteiger partial charge in [0.25, 0.3) is 0 Å². The third kappa shape index (κ3) is 3.55. The fourth-order valence-electron chi connectivity index (χ4n) is 2.29. The van der Waals surface area contributed by atoms with E-state index in [1.807, 2.05) is 6.92 Å². The van der Waals surface area contributed by atoms with Crippen LogP contribution in [-0.4, -0.2) is 24.3 Å². The average molecular weight is 250 g/mol. The Morgan fingerprint density at radius 2 is 1.78 bits per heavy atom. The van der Waals surface area contributed by atoms with Gasteiger partial charge in [-0.25, -0.2) is 0 Å². The summed E-state index contributed by atoms with van der Waals surface area (Å²) in [4.78, 5) is 0. The molecule has 18 heavy (non-hydrogen) atoms. The van der Waals surface area contributed by atoms with Gasteiger partial charge in [-0.2, -0.15) is 0 Å². The molecule has 0 aromatic heterocycles. The molecule has 3 atom stereocenters. The molecule has 0 fully saturated rings. The molecular formula is C15H26N2O. The number of aliphatic hydroxyl groups excluding tert-OH is 1. The summed E-state index contributed by atoms with van der Waals surface area (Å²) in [6.45, 7) is 9.12. The number of aryl methyl sites for hydroxylation is 2. The van der Waals surface area contributed by atoms with Crippen molar-refractivity contribution in [2.75, 3.05) is 13.2 Å². The van der Waals surface area contributed by atoms with E-state index in [1.165, 1.54) is 16.7 Å². The molecule has 1 aromatic carbocycles. The highest BCUT2D eigenvalue weighted by Gasteiger charge is 2.19. The van der Waals surface area contributed by atoms with Crippen LogP contribution in [0.25, 0.3) is 0 Å².